The lowest BCUT2D eigenvalue weighted by atomic mass is 10.1. The van der Waals surface area contributed by atoms with Crippen LogP contribution in [0.3, 0.4) is 0 Å². The number of rotatable bonds is 4. The Morgan fingerprint density at radius 3 is 2.59 bits per heavy atom. The van der Waals surface area contributed by atoms with Crippen LogP contribution in [0.5, 0.6) is 0 Å². The van der Waals surface area contributed by atoms with E-state index in [4.69, 9.17) is 4.52 Å². The highest BCUT2D eigenvalue weighted by Gasteiger charge is 2.29. The highest BCUT2D eigenvalue weighted by Crippen LogP contribution is 2.25. The first-order valence-electron chi connectivity index (χ1n) is 9.40. The van der Waals surface area contributed by atoms with Crippen LogP contribution in [-0.2, 0) is 0 Å². The summed E-state index contributed by atoms with van der Waals surface area (Å²) in [5.74, 6) is 0.524. The summed E-state index contributed by atoms with van der Waals surface area (Å²) >= 11 is 3.33. The maximum atomic E-state index is 13.5. The van der Waals surface area contributed by atoms with Crippen LogP contribution in [0.15, 0.2) is 57.5 Å². The highest BCUT2D eigenvalue weighted by molar-refractivity contribution is 9.10. The summed E-state index contributed by atoms with van der Waals surface area (Å²) in [6, 6.07) is 13.8. The molecule has 1 amide bonds. The molecule has 1 fully saturated rings. The van der Waals surface area contributed by atoms with Crippen molar-refractivity contribution < 1.29 is 13.7 Å². The molecule has 8 heteroatoms. The van der Waals surface area contributed by atoms with Crippen LogP contribution >= 0.6 is 15.9 Å². The zero-order valence-electron chi connectivity index (χ0n) is 15.9. The van der Waals surface area contributed by atoms with Gasteiger partial charge in [-0.15, -0.1) is 0 Å². The van der Waals surface area contributed by atoms with Gasteiger partial charge in [0.1, 0.15) is 5.82 Å². The second-order valence-corrected chi connectivity index (χ2v) is 7.80. The van der Waals surface area contributed by atoms with Gasteiger partial charge in [-0.1, -0.05) is 35.5 Å². The number of benzene rings is 2. The standard InChI is InChI=1S/C21H20BrFN4O2/c1-14(20-24-19(25-29-20)15-5-3-2-4-6-15)26-9-11-27(12-10-26)21(28)17-13-16(23)7-8-18(17)22/h2-8,13-14H,9-12H2,1H3. The van der Waals surface area contributed by atoms with Crippen molar-refractivity contribution in [3.8, 4) is 11.4 Å². The van der Waals surface area contributed by atoms with Gasteiger partial charge in [0.2, 0.25) is 11.7 Å². The lowest BCUT2D eigenvalue weighted by molar-refractivity contribution is 0.0550. The van der Waals surface area contributed by atoms with Crippen LogP contribution < -0.4 is 0 Å². The van der Waals surface area contributed by atoms with Gasteiger partial charge in [-0.2, -0.15) is 4.98 Å². The minimum Gasteiger partial charge on any atom is -0.337 e. The van der Waals surface area contributed by atoms with Gasteiger partial charge in [0.05, 0.1) is 11.6 Å². The summed E-state index contributed by atoms with van der Waals surface area (Å²) in [5.41, 5.74) is 1.25. The number of piperazine rings is 1. The Balaban J connectivity index is 1.40. The minimum atomic E-state index is -0.422. The molecule has 150 valence electrons. The maximum Gasteiger partial charge on any atom is 0.255 e. The van der Waals surface area contributed by atoms with Gasteiger partial charge in [0, 0.05) is 36.2 Å². The molecule has 0 bridgehead atoms. The Bertz CT molecular complexity index is 1000. The highest BCUT2D eigenvalue weighted by atomic mass is 79.9. The molecule has 1 aliphatic rings. The molecule has 0 N–H and O–H groups in total. The van der Waals surface area contributed by atoms with Crippen LogP contribution in [0.1, 0.15) is 29.2 Å². The van der Waals surface area contributed by atoms with Gasteiger partial charge in [-0.25, -0.2) is 4.39 Å². The third-order valence-corrected chi connectivity index (χ3v) is 5.83. The van der Waals surface area contributed by atoms with Crippen LogP contribution in [0, 0.1) is 5.82 Å². The zero-order chi connectivity index (χ0) is 20.4. The van der Waals surface area contributed by atoms with Crippen molar-refractivity contribution in [3.05, 3.63) is 70.3 Å². The maximum absolute atomic E-state index is 13.5. The van der Waals surface area contributed by atoms with Crippen LogP contribution in [0.2, 0.25) is 0 Å². The van der Waals surface area contributed by atoms with Gasteiger partial charge < -0.3 is 9.42 Å². The molecule has 29 heavy (non-hydrogen) atoms. The number of carbonyl (C=O) groups is 1. The topological polar surface area (TPSA) is 62.5 Å². The summed E-state index contributed by atoms with van der Waals surface area (Å²) in [6.45, 7) is 4.45. The number of carbonyl (C=O) groups excluding carboxylic acids is 1. The van der Waals surface area contributed by atoms with Crippen molar-refractivity contribution in [1.29, 1.82) is 0 Å². The van der Waals surface area contributed by atoms with Gasteiger partial charge in [0.25, 0.3) is 5.91 Å². The molecule has 0 radical (unpaired) electrons. The van der Waals surface area contributed by atoms with Crippen molar-refractivity contribution in [3.63, 3.8) is 0 Å². The Morgan fingerprint density at radius 1 is 1.14 bits per heavy atom. The fraction of sp³-hybridized carbons (Fsp3) is 0.286. The molecule has 6 nitrogen and oxygen atoms in total. The van der Waals surface area contributed by atoms with Crippen LogP contribution in [-0.4, -0.2) is 52.0 Å². The van der Waals surface area contributed by atoms with Crippen LogP contribution in [0.4, 0.5) is 4.39 Å². The summed E-state index contributed by atoms with van der Waals surface area (Å²) in [4.78, 5) is 21.2. The monoisotopic (exact) mass is 458 g/mol. The molecular weight excluding hydrogens is 439 g/mol. The molecule has 1 saturated heterocycles. The molecule has 0 aliphatic carbocycles. The normalized spacial score (nSPS) is 16.0. The van der Waals surface area contributed by atoms with Crippen molar-refractivity contribution >= 4 is 21.8 Å². The number of nitrogens with zero attached hydrogens (tertiary/aromatic N) is 4. The third kappa shape index (κ3) is 4.23. The SMILES string of the molecule is CC(c1nc(-c2ccccc2)no1)N1CCN(C(=O)c2cc(F)ccc2Br)CC1. The van der Waals surface area contributed by atoms with E-state index in [1.54, 1.807) is 11.0 Å². The average molecular weight is 459 g/mol. The van der Waals surface area contributed by atoms with Crippen molar-refractivity contribution in [2.75, 3.05) is 26.2 Å². The average Bonchev–Trinajstić information content (AvgIpc) is 3.25. The molecule has 3 aromatic rings. The van der Waals surface area contributed by atoms with E-state index < -0.39 is 5.82 Å². The van der Waals surface area contributed by atoms with Crippen molar-refractivity contribution in [2.24, 2.45) is 0 Å². The second kappa shape index (κ2) is 8.42. The van der Waals surface area contributed by atoms with Gasteiger partial charge >= 0.3 is 0 Å². The van der Waals surface area contributed by atoms with E-state index >= 15 is 0 Å². The number of hydrogen-bond acceptors (Lipinski definition) is 5. The predicted molar refractivity (Wildman–Crippen MR) is 110 cm³/mol. The first-order chi connectivity index (χ1) is 14.0. The van der Waals surface area contributed by atoms with Crippen molar-refractivity contribution in [1.82, 2.24) is 19.9 Å². The molecule has 2 aromatic carbocycles. The summed E-state index contributed by atoms with van der Waals surface area (Å²) in [6.07, 6.45) is 0. The van der Waals surface area contributed by atoms with Crippen molar-refractivity contribution in [2.45, 2.75) is 13.0 Å². The molecule has 1 atom stereocenters. The smallest absolute Gasteiger partial charge is 0.255 e. The van der Waals surface area contributed by atoms with E-state index in [2.05, 4.69) is 31.0 Å². The molecule has 0 spiro atoms. The minimum absolute atomic E-state index is 0.0573. The zero-order valence-corrected chi connectivity index (χ0v) is 17.5. The first kappa shape index (κ1) is 19.7. The molecule has 1 unspecified atom stereocenters. The molecular formula is C21H20BrFN4O2. The summed E-state index contributed by atoms with van der Waals surface area (Å²) in [7, 11) is 0. The number of amides is 1. The fourth-order valence-corrected chi connectivity index (χ4v) is 3.83. The van der Waals surface area contributed by atoms with E-state index in [1.807, 2.05) is 37.3 Å². The quantitative estimate of drug-likeness (QED) is 0.587. The first-order valence-corrected chi connectivity index (χ1v) is 10.2. The lowest BCUT2D eigenvalue weighted by Gasteiger charge is -2.37. The second-order valence-electron chi connectivity index (χ2n) is 6.95. The summed E-state index contributed by atoms with van der Waals surface area (Å²) < 4.78 is 19.6. The van der Waals surface area contributed by atoms with E-state index in [0.29, 0.717) is 47.9 Å². The molecule has 0 saturated carbocycles. The van der Waals surface area contributed by atoms with Gasteiger partial charge in [-0.05, 0) is 41.1 Å². The van der Waals surface area contributed by atoms with E-state index in [9.17, 15) is 9.18 Å². The Hall–Kier alpha value is -2.58. The van der Waals surface area contributed by atoms with E-state index in [1.165, 1.54) is 12.1 Å². The lowest BCUT2D eigenvalue weighted by Crippen LogP contribution is -2.49. The van der Waals surface area contributed by atoms with Gasteiger partial charge in [-0.3, -0.25) is 9.69 Å². The van der Waals surface area contributed by atoms with Gasteiger partial charge in [0.15, 0.2) is 0 Å². The van der Waals surface area contributed by atoms with Crippen LogP contribution in [0.25, 0.3) is 11.4 Å². The fourth-order valence-electron chi connectivity index (χ4n) is 3.41. The number of hydrogen-bond donors (Lipinski definition) is 0. The summed E-state index contributed by atoms with van der Waals surface area (Å²) in [5, 5.41) is 4.09. The Morgan fingerprint density at radius 2 is 1.86 bits per heavy atom. The largest absolute Gasteiger partial charge is 0.337 e. The molecule has 2 heterocycles. The third-order valence-electron chi connectivity index (χ3n) is 5.14. The predicted octanol–water partition coefficient (Wildman–Crippen LogP) is 4.16. The molecule has 1 aliphatic heterocycles. The number of aromatic nitrogens is 2. The molecule has 4 rings (SSSR count). The Labute approximate surface area is 176 Å². The van der Waals surface area contributed by atoms with E-state index in [0.717, 1.165) is 5.56 Å². The number of halogens is 2. The molecule has 1 aromatic heterocycles. The van der Waals surface area contributed by atoms with E-state index in [-0.39, 0.29) is 11.9 Å². The Kier molecular flexibility index (Phi) is 5.73.